The van der Waals surface area contributed by atoms with Crippen LogP contribution < -0.4 is 4.74 Å². The summed E-state index contributed by atoms with van der Waals surface area (Å²) in [4.78, 5) is 0. The summed E-state index contributed by atoms with van der Waals surface area (Å²) in [5.41, 5.74) is 7.18. The van der Waals surface area contributed by atoms with Crippen LogP contribution in [0, 0.1) is 0 Å². The highest BCUT2D eigenvalue weighted by Crippen LogP contribution is 2.39. The number of hydrogen-bond donors (Lipinski definition) is 2. The smallest absolute Gasteiger partial charge is 0.131 e. The maximum absolute atomic E-state index is 5.36. The SMILES string of the molecule is SCOc1ccc(-c2n[nH]c3c2Cc2ccccc2-3)cc1. The first kappa shape index (κ1) is 12.5. The van der Waals surface area contributed by atoms with Gasteiger partial charge < -0.3 is 4.74 Å². The van der Waals surface area contributed by atoms with E-state index in [1.165, 1.54) is 16.7 Å². The van der Waals surface area contributed by atoms with E-state index in [2.05, 4.69) is 47.1 Å². The Morgan fingerprint density at radius 2 is 1.90 bits per heavy atom. The van der Waals surface area contributed by atoms with Crippen LogP contribution in [-0.4, -0.2) is 16.1 Å². The average Bonchev–Trinajstić information content (AvgIpc) is 3.07. The quantitative estimate of drug-likeness (QED) is 0.444. The van der Waals surface area contributed by atoms with E-state index in [0.717, 1.165) is 29.1 Å². The standard InChI is InChI=1S/C17H14N2OS/c21-10-20-13-7-5-11(6-8-13)16-15-9-12-3-1-2-4-14(12)17(15)19-18-16/h1-8,21H,9-10H2,(H,18,19). The third-order valence-electron chi connectivity index (χ3n) is 3.88. The Kier molecular flexibility index (Phi) is 2.97. The third-order valence-corrected chi connectivity index (χ3v) is 4.01. The first-order valence-electron chi connectivity index (χ1n) is 6.86. The molecular weight excluding hydrogens is 280 g/mol. The summed E-state index contributed by atoms with van der Waals surface area (Å²) in [6.45, 7) is 0. The Morgan fingerprint density at radius 1 is 1.10 bits per heavy atom. The van der Waals surface area contributed by atoms with Crippen LogP contribution in [0.15, 0.2) is 48.5 Å². The van der Waals surface area contributed by atoms with Gasteiger partial charge >= 0.3 is 0 Å². The summed E-state index contributed by atoms with van der Waals surface area (Å²) < 4.78 is 5.36. The van der Waals surface area contributed by atoms with Crippen molar-refractivity contribution in [1.82, 2.24) is 10.2 Å². The van der Waals surface area contributed by atoms with Crippen molar-refractivity contribution < 1.29 is 4.74 Å². The van der Waals surface area contributed by atoms with E-state index in [1.54, 1.807) is 0 Å². The monoisotopic (exact) mass is 294 g/mol. The first-order chi connectivity index (χ1) is 10.4. The molecule has 1 aliphatic carbocycles. The molecule has 0 aliphatic heterocycles. The zero-order valence-electron chi connectivity index (χ0n) is 11.3. The molecule has 2 aromatic carbocycles. The van der Waals surface area contributed by atoms with Crippen LogP contribution in [0.25, 0.3) is 22.5 Å². The normalized spacial score (nSPS) is 12.0. The molecule has 0 spiro atoms. The third kappa shape index (κ3) is 2.03. The van der Waals surface area contributed by atoms with Crippen molar-refractivity contribution in [3.05, 3.63) is 59.7 Å². The van der Waals surface area contributed by atoms with E-state index in [0.29, 0.717) is 5.94 Å². The molecule has 0 atom stereocenters. The van der Waals surface area contributed by atoms with Gasteiger partial charge in [-0.1, -0.05) is 24.3 Å². The Hall–Kier alpha value is -2.20. The predicted molar refractivity (Wildman–Crippen MR) is 86.7 cm³/mol. The maximum atomic E-state index is 5.36. The fourth-order valence-corrected chi connectivity index (χ4v) is 3.04. The number of hydrogen-bond acceptors (Lipinski definition) is 3. The number of fused-ring (bicyclic) bond motifs is 3. The molecule has 1 heterocycles. The van der Waals surface area contributed by atoms with E-state index in [-0.39, 0.29) is 0 Å². The van der Waals surface area contributed by atoms with Gasteiger partial charge in [-0.25, -0.2) is 0 Å². The van der Waals surface area contributed by atoms with Gasteiger partial charge in [-0.3, -0.25) is 5.10 Å². The van der Waals surface area contributed by atoms with Gasteiger partial charge in [-0.15, -0.1) is 12.6 Å². The molecule has 4 rings (SSSR count). The van der Waals surface area contributed by atoms with Crippen molar-refractivity contribution >= 4 is 12.6 Å². The van der Waals surface area contributed by atoms with Crippen LogP contribution in [0.1, 0.15) is 11.1 Å². The number of aromatic amines is 1. The lowest BCUT2D eigenvalue weighted by Gasteiger charge is -2.04. The Balaban J connectivity index is 1.74. The van der Waals surface area contributed by atoms with Crippen LogP contribution in [0.3, 0.4) is 0 Å². The van der Waals surface area contributed by atoms with Gasteiger partial charge in [0.25, 0.3) is 0 Å². The number of nitrogens with zero attached hydrogens (tertiary/aromatic N) is 1. The van der Waals surface area contributed by atoms with Crippen molar-refractivity contribution in [3.8, 4) is 28.3 Å². The number of H-pyrrole nitrogens is 1. The van der Waals surface area contributed by atoms with Crippen molar-refractivity contribution in [3.63, 3.8) is 0 Å². The number of benzene rings is 2. The molecule has 1 aliphatic rings. The Bertz CT molecular complexity index is 793. The highest BCUT2D eigenvalue weighted by Gasteiger charge is 2.24. The summed E-state index contributed by atoms with van der Waals surface area (Å²) in [6.07, 6.45) is 0.937. The van der Waals surface area contributed by atoms with E-state index in [4.69, 9.17) is 4.74 Å². The number of aromatic nitrogens is 2. The highest BCUT2D eigenvalue weighted by atomic mass is 32.1. The molecule has 21 heavy (non-hydrogen) atoms. The molecule has 3 aromatic rings. The molecule has 0 fully saturated rings. The summed E-state index contributed by atoms with van der Waals surface area (Å²) in [5.74, 6) is 1.20. The van der Waals surface area contributed by atoms with Crippen LogP contribution >= 0.6 is 12.6 Å². The number of thiol groups is 1. The predicted octanol–water partition coefficient (Wildman–Crippen LogP) is 3.91. The summed E-state index contributed by atoms with van der Waals surface area (Å²) in [7, 11) is 0. The van der Waals surface area contributed by atoms with Gasteiger partial charge in [0.1, 0.15) is 11.7 Å². The van der Waals surface area contributed by atoms with Gasteiger partial charge in [0.15, 0.2) is 0 Å². The molecule has 0 saturated heterocycles. The highest BCUT2D eigenvalue weighted by molar-refractivity contribution is 7.80. The van der Waals surface area contributed by atoms with E-state index in [1.807, 2.05) is 24.3 Å². The molecule has 1 N–H and O–H groups in total. The second kappa shape index (κ2) is 4.97. The lowest BCUT2D eigenvalue weighted by Crippen LogP contribution is -1.90. The van der Waals surface area contributed by atoms with Crippen LogP contribution in [0.5, 0.6) is 5.75 Å². The molecule has 0 saturated carbocycles. The van der Waals surface area contributed by atoms with E-state index in [9.17, 15) is 0 Å². The van der Waals surface area contributed by atoms with Gasteiger partial charge in [0, 0.05) is 23.1 Å². The molecule has 0 amide bonds. The molecular formula is C17H14N2OS. The summed E-state index contributed by atoms with van der Waals surface area (Å²) >= 11 is 4.06. The zero-order valence-corrected chi connectivity index (χ0v) is 12.2. The molecule has 0 unspecified atom stereocenters. The summed E-state index contributed by atoms with van der Waals surface area (Å²) in [6, 6.07) is 16.5. The Labute approximate surface area is 128 Å². The van der Waals surface area contributed by atoms with Gasteiger partial charge in [-0.2, -0.15) is 5.10 Å². The second-order valence-electron chi connectivity index (χ2n) is 5.06. The zero-order chi connectivity index (χ0) is 14.2. The fraction of sp³-hybridized carbons (Fsp3) is 0.118. The van der Waals surface area contributed by atoms with Crippen molar-refractivity contribution in [2.45, 2.75) is 6.42 Å². The first-order valence-corrected chi connectivity index (χ1v) is 7.49. The molecule has 104 valence electrons. The van der Waals surface area contributed by atoms with E-state index < -0.39 is 0 Å². The number of nitrogens with one attached hydrogen (secondary N) is 1. The largest absolute Gasteiger partial charge is 0.483 e. The molecule has 0 bridgehead atoms. The van der Waals surface area contributed by atoms with Crippen molar-refractivity contribution in [1.29, 1.82) is 0 Å². The van der Waals surface area contributed by atoms with Crippen LogP contribution in [-0.2, 0) is 6.42 Å². The summed E-state index contributed by atoms with van der Waals surface area (Å²) in [5, 5.41) is 7.69. The fourth-order valence-electron chi connectivity index (χ4n) is 2.89. The number of ether oxygens (including phenoxy) is 1. The Morgan fingerprint density at radius 3 is 2.71 bits per heavy atom. The lowest BCUT2D eigenvalue weighted by molar-refractivity contribution is 0.395. The average molecular weight is 294 g/mol. The maximum Gasteiger partial charge on any atom is 0.131 e. The lowest BCUT2D eigenvalue weighted by atomic mass is 10.1. The van der Waals surface area contributed by atoms with Gasteiger partial charge in [0.05, 0.1) is 11.4 Å². The minimum atomic E-state index is 0.381. The molecule has 0 radical (unpaired) electrons. The van der Waals surface area contributed by atoms with Crippen LogP contribution in [0.4, 0.5) is 0 Å². The number of rotatable bonds is 3. The minimum absolute atomic E-state index is 0.381. The van der Waals surface area contributed by atoms with Crippen molar-refractivity contribution in [2.75, 3.05) is 5.94 Å². The minimum Gasteiger partial charge on any atom is -0.483 e. The van der Waals surface area contributed by atoms with Gasteiger partial charge in [0.2, 0.25) is 0 Å². The molecule has 4 heteroatoms. The molecule has 1 aromatic heterocycles. The van der Waals surface area contributed by atoms with E-state index >= 15 is 0 Å². The van der Waals surface area contributed by atoms with Crippen molar-refractivity contribution in [2.24, 2.45) is 0 Å². The molecule has 3 nitrogen and oxygen atoms in total. The van der Waals surface area contributed by atoms with Gasteiger partial charge in [-0.05, 0) is 29.8 Å². The topological polar surface area (TPSA) is 37.9 Å². The second-order valence-corrected chi connectivity index (χ2v) is 5.32. The van der Waals surface area contributed by atoms with Crippen LogP contribution in [0.2, 0.25) is 0 Å².